The molecule has 3 aromatic carbocycles. The Kier molecular flexibility index (Phi) is 5.51. The highest BCUT2D eigenvalue weighted by molar-refractivity contribution is 5.79. The maximum Gasteiger partial charge on any atom is 0.0510 e. The van der Waals surface area contributed by atoms with Gasteiger partial charge in [-0.05, 0) is 71.5 Å². The highest BCUT2D eigenvalue weighted by Gasteiger charge is 2.26. The van der Waals surface area contributed by atoms with Crippen molar-refractivity contribution in [2.75, 3.05) is 0 Å². The van der Waals surface area contributed by atoms with Crippen molar-refractivity contribution < 1.29 is 0 Å². The van der Waals surface area contributed by atoms with Crippen LogP contribution >= 0.6 is 0 Å². The van der Waals surface area contributed by atoms with Crippen LogP contribution in [0.3, 0.4) is 0 Å². The van der Waals surface area contributed by atoms with Gasteiger partial charge in [0.1, 0.15) is 0 Å². The molecule has 0 bridgehead atoms. The summed E-state index contributed by atoms with van der Waals surface area (Å²) in [4.78, 5) is 4.57. The smallest absolute Gasteiger partial charge is 0.0510 e. The van der Waals surface area contributed by atoms with Gasteiger partial charge in [0.25, 0.3) is 0 Å². The summed E-state index contributed by atoms with van der Waals surface area (Å²) < 4.78 is 0. The third-order valence-corrected chi connectivity index (χ3v) is 6.26. The summed E-state index contributed by atoms with van der Waals surface area (Å²) in [6, 6.07) is 34.0. The Hall–Kier alpha value is -4.15. The van der Waals surface area contributed by atoms with Crippen molar-refractivity contribution in [1.29, 1.82) is 0 Å². The van der Waals surface area contributed by atoms with E-state index in [1.54, 1.807) is 0 Å². The predicted octanol–water partition coefficient (Wildman–Crippen LogP) is 8.03. The van der Waals surface area contributed by atoms with Crippen LogP contribution in [0.4, 0.5) is 0 Å². The Bertz CT molecular complexity index is 1390. The average Bonchev–Trinajstić information content (AvgIpc) is 2.90. The van der Waals surface area contributed by atoms with Gasteiger partial charge >= 0.3 is 0 Å². The van der Waals surface area contributed by atoms with Crippen LogP contribution in [0.2, 0.25) is 0 Å². The fourth-order valence-corrected chi connectivity index (χ4v) is 4.14. The fraction of sp³-hybridized carbons (Fsp3) is 0.0938. The number of hydrogen-bond donors (Lipinski definition) is 0. The lowest BCUT2D eigenvalue weighted by atomic mass is 9.79. The van der Waals surface area contributed by atoms with E-state index >= 15 is 0 Å². The summed E-state index contributed by atoms with van der Waals surface area (Å²) in [6.07, 6.45) is 6.05. The lowest BCUT2D eigenvalue weighted by Gasteiger charge is -2.25. The molecule has 1 heteroatoms. The van der Waals surface area contributed by atoms with Gasteiger partial charge in [-0.2, -0.15) is 0 Å². The summed E-state index contributed by atoms with van der Waals surface area (Å²) in [6.45, 7) is 4.36. The third kappa shape index (κ3) is 4.29. The largest absolute Gasteiger partial charge is 0.260 e. The van der Waals surface area contributed by atoms with Crippen molar-refractivity contribution in [2.24, 2.45) is 0 Å². The molecule has 1 heterocycles. The standard InChI is InChI=1S/C32H25N/c1-32(2,31-13-6-7-22-33-31)30-12-8-11-29(23-30)28-20-18-27(19-21-28)26-16-14-25(15-17-26)24-9-4-3-5-10-24/h3-7,9-11,13-23H,1-2H3. The Morgan fingerprint density at radius 1 is 0.606 bits per heavy atom. The van der Waals surface area contributed by atoms with Crippen LogP contribution in [0.5, 0.6) is 0 Å². The third-order valence-electron chi connectivity index (χ3n) is 6.26. The van der Waals surface area contributed by atoms with E-state index in [0.29, 0.717) is 0 Å². The van der Waals surface area contributed by atoms with Gasteiger partial charge in [-0.1, -0.05) is 96.4 Å². The number of aromatic nitrogens is 1. The lowest BCUT2D eigenvalue weighted by molar-refractivity contribution is 0.616. The van der Waals surface area contributed by atoms with E-state index in [1.165, 1.54) is 27.8 Å². The molecule has 0 radical (unpaired) electrons. The molecular weight excluding hydrogens is 398 g/mol. The van der Waals surface area contributed by atoms with Gasteiger partial charge in [0.05, 0.1) is 5.69 Å². The van der Waals surface area contributed by atoms with Crippen LogP contribution in [-0.4, -0.2) is 4.98 Å². The summed E-state index contributed by atoms with van der Waals surface area (Å²) in [7, 11) is 0. The zero-order valence-corrected chi connectivity index (χ0v) is 18.9. The van der Waals surface area contributed by atoms with Crippen LogP contribution < -0.4 is 0 Å². The minimum absolute atomic E-state index is 0.242. The van der Waals surface area contributed by atoms with E-state index in [0.717, 1.165) is 16.8 Å². The normalized spacial score (nSPS) is 12.9. The highest BCUT2D eigenvalue weighted by Crippen LogP contribution is 2.34. The maximum absolute atomic E-state index is 4.57. The Morgan fingerprint density at radius 2 is 1.15 bits per heavy atom. The van der Waals surface area contributed by atoms with Crippen LogP contribution in [0, 0.1) is 0 Å². The van der Waals surface area contributed by atoms with Gasteiger partial charge in [-0.3, -0.25) is 4.98 Å². The van der Waals surface area contributed by atoms with Crippen molar-refractivity contribution >= 4 is 5.57 Å². The van der Waals surface area contributed by atoms with Crippen LogP contribution in [0.25, 0.3) is 27.8 Å². The average molecular weight is 424 g/mol. The molecule has 5 rings (SSSR count). The van der Waals surface area contributed by atoms with E-state index in [1.807, 2.05) is 30.5 Å². The fourth-order valence-electron chi connectivity index (χ4n) is 4.14. The molecule has 0 atom stereocenters. The maximum atomic E-state index is 4.57. The summed E-state index contributed by atoms with van der Waals surface area (Å²) >= 11 is 0. The second-order valence-electron chi connectivity index (χ2n) is 8.79. The van der Waals surface area contributed by atoms with Gasteiger partial charge in [0.15, 0.2) is 0 Å². The van der Waals surface area contributed by atoms with E-state index in [2.05, 4.69) is 115 Å². The zero-order valence-electron chi connectivity index (χ0n) is 18.9. The second kappa shape index (κ2) is 8.77. The first-order chi connectivity index (χ1) is 16.1. The topological polar surface area (TPSA) is 12.9 Å². The van der Waals surface area contributed by atoms with E-state index in [4.69, 9.17) is 0 Å². The molecule has 4 aromatic rings. The molecular formula is C32H25N. The predicted molar refractivity (Wildman–Crippen MR) is 138 cm³/mol. The van der Waals surface area contributed by atoms with E-state index in [-0.39, 0.29) is 5.41 Å². The Balaban J connectivity index is 1.38. The van der Waals surface area contributed by atoms with Crippen molar-refractivity contribution in [2.45, 2.75) is 19.3 Å². The lowest BCUT2D eigenvalue weighted by Crippen LogP contribution is -2.20. The van der Waals surface area contributed by atoms with Gasteiger partial charge in [-0.15, -0.1) is 0 Å². The minimum Gasteiger partial charge on any atom is -0.260 e. The highest BCUT2D eigenvalue weighted by atomic mass is 14.7. The van der Waals surface area contributed by atoms with Crippen molar-refractivity contribution in [1.82, 2.24) is 4.98 Å². The van der Waals surface area contributed by atoms with Crippen molar-refractivity contribution in [3.05, 3.63) is 144 Å². The van der Waals surface area contributed by atoms with Crippen molar-refractivity contribution in [3.63, 3.8) is 0 Å². The number of hydrogen-bond acceptors (Lipinski definition) is 1. The van der Waals surface area contributed by atoms with E-state index in [9.17, 15) is 0 Å². The van der Waals surface area contributed by atoms with Crippen molar-refractivity contribution in [3.8, 4) is 22.3 Å². The number of pyridine rings is 1. The molecule has 1 nitrogen and oxygen atoms in total. The molecule has 0 unspecified atom stereocenters. The molecule has 1 aliphatic rings. The van der Waals surface area contributed by atoms with Gasteiger partial charge in [0, 0.05) is 17.2 Å². The van der Waals surface area contributed by atoms with Crippen LogP contribution in [0.1, 0.15) is 25.1 Å². The molecule has 0 saturated carbocycles. The number of allylic oxidation sites excluding steroid dienone is 4. The molecule has 0 amide bonds. The molecule has 0 N–H and O–H groups in total. The Morgan fingerprint density at radius 3 is 1.73 bits per heavy atom. The number of nitrogens with zero attached hydrogens (tertiary/aromatic N) is 1. The van der Waals surface area contributed by atoms with Gasteiger partial charge in [-0.25, -0.2) is 0 Å². The minimum atomic E-state index is -0.242. The van der Waals surface area contributed by atoms with Gasteiger partial charge < -0.3 is 0 Å². The monoisotopic (exact) mass is 423 g/mol. The SMILES string of the molecule is CC(C)(C1=C=C=CC(c2ccc(-c3ccc(-c4ccccc4)cc3)cc2)=C1)c1ccccn1. The first-order valence-corrected chi connectivity index (χ1v) is 11.2. The molecule has 33 heavy (non-hydrogen) atoms. The molecule has 0 spiro atoms. The second-order valence-corrected chi connectivity index (χ2v) is 8.79. The molecule has 1 aromatic heterocycles. The molecule has 0 fully saturated rings. The molecule has 0 saturated heterocycles. The van der Waals surface area contributed by atoms with Crippen LogP contribution in [-0.2, 0) is 5.41 Å². The van der Waals surface area contributed by atoms with Gasteiger partial charge in [0.2, 0.25) is 0 Å². The first-order valence-electron chi connectivity index (χ1n) is 11.2. The number of rotatable bonds is 5. The van der Waals surface area contributed by atoms with E-state index < -0.39 is 0 Å². The molecule has 0 aliphatic heterocycles. The first kappa shape index (κ1) is 20.7. The summed E-state index contributed by atoms with van der Waals surface area (Å²) in [5.74, 6) is 0. The zero-order chi connectivity index (χ0) is 22.7. The number of benzene rings is 3. The summed E-state index contributed by atoms with van der Waals surface area (Å²) in [5, 5.41) is 0. The van der Waals surface area contributed by atoms with Crippen LogP contribution in [0.15, 0.2) is 132 Å². The quantitative estimate of drug-likeness (QED) is 0.296. The molecule has 1 aliphatic carbocycles. The summed E-state index contributed by atoms with van der Waals surface area (Å²) in [5.41, 5.74) is 15.6. The molecule has 158 valence electrons. The Labute approximate surface area is 195 Å².